The molecule has 4 aromatic rings. The van der Waals surface area contributed by atoms with Crippen molar-refractivity contribution in [1.82, 2.24) is 14.3 Å². The zero-order chi connectivity index (χ0) is 19.3. The minimum Gasteiger partial charge on any atom is -0.464 e. The first kappa shape index (κ1) is 17.8. The molecule has 1 amide bonds. The summed E-state index contributed by atoms with van der Waals surface area (Å²) in [5.74, 6) is 0.0669. The van der Waals surface area contributed by atoms with Crippen LogP contribution >= 0.6 is 11.3 Å². The first-order valence-corrected chi connectivity index (χ1v) is 9.80. The van der Waals surface area contributed by atoms with Gasteiger partial charge in [-0.3, -0.25) is 9.20 Å². The molecule has 0 aliphatic rings. The highest BCUT2D eigenvalue weighted by molar-refractivity contribution is 7.17. The second-order valence-electron chi connectivity index (χ2n) is 7.26. The predicted octanol–water partition coefficient (Wildman–Crippen LogP) is 4.58. The van der Waals surface area contributed by atoms with Crippen LogP contribution in [0, 0.1) is 27.7 Å². The van der Waals surface area contributed by atoms with Gasteiger partial charge >= 0.3 is 0 Å². The topological polar surface area (TPSA) is 50.8 Å². The Morgan fingerprint density at radius 3 is 2.74 bits per heavy atom. The zero-order valence-corrected chi connectivity index (χ0v) is 17.1. The van der Waals surface area contributed by atoms with Crippen molar-refractivity contribution in [2.24, 2.45) is 0 Å². The first-order valence-electron chi connectivity index (χ1n) is 8.98. The zero-order valence-electron chi connectivity index (χ0n) is 16.3. The molecule has 0 radical (unpaired) electrons. The Morgan fingerprint density at radius 1 is 1.22 bits per heavy atom. The molecule has 27 heavy (non-hydrogen) atoms. The molecule has 0 saturated heterocycles. The van der Waals surface area contributed by atoms with Crippen LogP contribution in [0.1, 0.15) is 33.0 Å². The van der Waals surface area contributed by atoms with Gasteiger partial charge in [0.2, 0.25) is 5.91 Å². The molecule has 5 nitrogen and oxygen atoms in total. The van der Waals surface area contributed by atoms with Gasteiger partial charge < -0.3 is 9.32 Å². The van der Waals surface area contributed by atoms with Crippen LogP contribution in [-0.2, 0) is 17.8 Å². The third-order valence-corrected chi connectivity index (χ3v) is 6.06. The van der Waals surface area contributed by atoms with Crippen molar-refractivity contribution < 1.29 is 9.21 Å². The lowest BCUT2D eigenvalue weighted by molar-refractivity contribution is -0.129. The van der Waals surface area contributed by atoms with Crippen LogP contribution < -0.4 is 0 Å². The summed E-state index contributed by atoms with van der Waals surface area (Å²) in [6.45, 7) is 8.75. The van der Waals surface area contributed by atoms with E-state index in [4.69, 9.17) is 4.42 Å². The predicted molar refractivity (Wildman–Crippen MR) is 108 cm³/mol. The summed E-state index contributed by atoms with van der Waals surface area (Å²) in [7, 11) is 1.85. The van der Waals surface area contributed by atoms with Gasteiger partial charge in [-0.2, -0.15) is 0 Å². The minimum atomic E-state index is 0.0669. The van der Waals surface area contributed by atoms with Gasteiger partial charge in [-0.05, 0) is 51.0 Å². The van der Waals surface area contributed by atoms with Crippen LogP contribution in [-0.4, -0.2) is 27.2 Å². The number of likely N-dealkylation sites (N-methyl/N-ethyl adjacent to an activating group) is 1. The van der Waals surface area contributed by atoms with E-state index in [1.165, 1.54) is 16.0 Å². The van der Waals surface area contributed by atoms with Gasteiger partial charge in [0.1, 0.15) is 5.58 Å². The molecule has 140 valence electrons. The van der Waals surface area contributed by atoms with Crippen LogP contribution in [0.5, 0.6) is 0 Å². The lowest BCUT2D eigenvalue weighted by Gasteiger charge is -2.17. The van der Waals surface area contributed by atoms with E-state index in [0.29, 0.717) is 13.0 Å². The summed E-state index contributed by atoms with van der Waals surface area (Å²) in [6, 6.07) is 4.14. The molecule has 0 aliphatic carbocycles. The van der Waals surface area contributed by atoms with E-state index in [1.807, 2.05) is 20.0 Å². The highest BCUT2D eigenvalue weighted by Crippen LogP contribution is 2.26. The van der Waals surface area contributed by atoms with Crippen molar-refractivity contribution in [3.8, 4) is 0 Å². The number of fused-ring (bicyclic) bond motifs is 2. The van der Waals surface area contributed by atoms with Gasteiger partial charge in [0, 0.05) is 29.1 Å². The molecule has 3 aromatic heterocycles. The maximum Gasteiger partial charge on any atom is 0.227 e. The van der Waals surface area contributed by atoms with E-state index in [1.54, 1.807) is 22.5 Å². The summed E-state index contributed by atoms with van der Waals surface area (Å²) >= 11 is 1.67. The van der Waals surface area contributed by atoms with E-state index in [2.05, 4.69) is 42.4 Å². The smallest absolute Gasteiger partial charge is 0.227 e. The van der Waals surface area contributed by atoms with E-state index in [0.717, 1.165) is 32.9 Å². The Kier molecular flexibility index (Phi) is 4.30. The molecule has 0 spiro atoms. The Hall–Kier alpha value is -2.60. The highest BCUT2D eigenvalue weighted by Gasteiger charge is 2.18. The molecule has 0 unspecified atom stereocenters. The number of carbonyl (C=O) groups is 1. The lowest BCUT2D eigenvalue weighted by atomic mass is 10.0. The van der Waals surface area contributed by atoms with Gasteiger partial charge in [0.05, 0.1) is 30.6 Å². The summed E-state index contributed by atoms with van der Waals surface area (Å²) in [5, 5.41) is 1.02. The highest BCUT2D eigenvalue weighted by atomic mass is 32.1. The molecule has 0 N–H and O–H groups in total. The molecule has 0 aliphatic heterocycles. The summed E-state index contributed by atoms with van der Waals surface area (Å²) in [4.78, 5) is 21.4. The fourth-order valence-electron chi connectivity index (χ4n) is 3.38. The second-order valence-corrected chi connectivity index (χ2v) is 8.47. The van der Waals surface area contributed by atoms with Crippen LogP contribution in [0.4, 0.5) is 0 Å². The van der Waals surface area contributed by atoms with Gasteiger partial charge in [-0.1, -0.05) is 0 Å². The molecular weight excluding hydrogens is 358 g/mol. The Labute approximate surface area is 162 Å². The number of benzene rings is 1. The number of hydrogen-bond donors (Lipinski definition) is 0. The van der Waals surface area contributed by atoms with Gasteiger partial charge in [0.15, 0.2) is 4.96 Å². The number of thiazole rings is 1. The summed E-state index contributed by atoms with van der Waals surface area (Å²) in [5.41, 5.74) is 6.21. The number of carbonyl (C=O) groups excluding carboxylic acids is 1. The van der Waals surface area contributed by atoms with Crippen LogP contribution in [0.2, 0.25) is 0 Å². The number of nitrogens with zero attached hydrogens (tertiary/aromatic N) is 3. The van der Waals surface area contributed by atoms with E-state index >= 15 is 0 Å². The molecule has 0 saturated carbocycles. The average molecular weight is 382 g/mol. The van der Waals surface area contributed by atoms with Crippen molar-refractivity contribution >= 4 is 33.2 Å². The summed E-state index contributed by atoms with van der Waals surface area (Å²) in [6.07, 6.45) is 4.12. The van der Waals surface area contributed by atoms with Crippen molar-refractivity contribution in [2.45, 2.75) is 40.7 Å². The molecule has 0 fully saturated rings. The van der Waals surface area contributed by atoms with Crippen molar-refractivity contribution in [3.05, 3.63) is 57.5 Å². The number of aryl methyl sites for hydroxylation is 4. The van der Waals surface area contributed by atoms with Crippen LogP contribution in [0.25, 0.3) is 15.9 Å². The number of furan rings is 1. The standard InChI is InChI=1S/C21H23N3O2S/c1-12-6-17-16(11-26-19(17)7-13(12)2)8-20(25)23(5)10-18-15(4)22-21-24(18)9-14(3)27-21/h6-7,9,11H,8,10H2,1-5H3. The summed E-state index contributed by atoms with van der Waals surface area (Å²) < 4.78 is 7.76. The van der Waals surface area contributed by atoms with E-state index < -0.39 is 0 Å². The van der Waals surface area contributed by atoms with Gasteiger partial charge in [0.25, 0.3) is 0 Å². The number of hydrogen-bond acceptors (Lipinski definition) is 4. The molecule has 1 aromatic carbocycles. The third kappa shape index (κ3) is 3.14. The Morgan fingerprint density at radius 2 is 1.96 bits per heavy atom. The number of aromatic nitrogens is 2. The van der Waals surface area contributed by atoms with Gasteiger partial charge in [-0.15, -0.1) is 11.3 Å². The molecular formula is C21H23N3O2S. The largest absolute Gasteiger partial charge is 0.464 e. The average Bonchev–Trinajstić information content (AvgIpc) is 3.23. The molecule has 0 bridgehead atoms. The molecule has 6 heteroatoms. The van der Waals surface area contributed by atoms with E-state index in [-0.39, 0.29) is 5.91 Å². The maximum atomic E-state index is 12.8. The molecule has 3 heterocycles. The second kappa shape index (κ2) is 6.53. The third-order valence-electron chi connectivity index (χ3n) is 5.17. The Bertz CT molecular complexity index is 1170. The Balaban J connectivity index is 1.56. The number of imidazole rings is 1. The minimum absolute atomic E-state index is 0.0669. The monoisotopic (exact) mass is 381 g/mol. The maximum absolute atomic E-state index is 12.8. The van der Waals surface area contributed by atoms with E-state index in [9.17, 15) is 4.79 Å². The number of rotatable bonds is 4. The first-order chi connectivity index (χ1) is 12.8. The SMILES string of the molecule is Cc1cn2c(CN(C)C(=O)Cc3coc4cc(C)c(C)cc34)c(C)nc2s1. The fourth-order valence-corrected chi connectivity index (χ4v) is 4.27. The molecule has 4 rings (SSSR count). The normalized spacial score (nSPS) is 11.6. The number of amides is 1. The fraction of sp³-hybridized carbons (Fsp3) is 0.333. The molecule has 0 atom stereocenters. The quantitative estimate of drug-likeness (QED) is 0.520. The van der Waals surface area contributed by atoms with Crippen molar-refractivity contribution in [1.29, 1.82) is 0 Å². The van der Waals surface area contributed by atoms with Gasteiger partial charge in [-0.25, -0.2) is 4.98 Å². The van der Waals surface area contributed by atoms with Crippen LogP contribution in [0.15, 0.2) is 29.0 Å². The van der Waals surface area contributed by atoms with Crippen LogP contribution in [0.3, 0.4) is 0 Å². The lowest BCUT2D eigenvalue weighted by Crippen LogP contribution is -2.28. The van der Waals surface area contributed by atoms with Crippen molar-refractivity contribution in [2.75, 3.05) is 7.05 Å². The van der Waals surface area contributed by atoms with Crippen molar-refractivity contribution in [3.63, 3.8) is 0 Å².